The molecule has 0 amide bonds. The van der Waals surface area contributed by atoms with Crippen molar-refractivity contribution in [2.24, 2.45) is 5.92 Å². The zero-order chi connectivity index (χ0) is 12.8. The van der Waals surface area contributed by atoms with E-state index >= 15 is 0 Å². The molecule has 100 valence electrons. The minimum Gasteiger partial charge on any atom is -0.299 e. The molecule has 2 rings (SSSR count). The van der Waals surface area contributed by atoms with Gasteiger partial charge in [-0.15, -0.1) is 0 Å². The molecule has 1 aliphatic rings. The summed E-state index contributed by atoms with van der Waals surface area (Å²) in [5.41, 5.74) is 2.82. The molecule has 0 unspecified atom stereocenters. The van der Waals surface area contributed by atoms with Crippen molar-refractivity contribution in [2.75, 3.05) is 13.1 Å². The fourth-order valence-electron chi connectivity index (χ4n) is 2.88. The van der Waals surface area contributed by atoms with Gasteiger partial charge in [-0.2, -0.15) is 0 Å². The van der Waals surface area contributed by atoms with Crippen molar-refractivity contribution in [2.45, 2.75) is 52.5 Å². The van der Waals surface area contributed by atoms with Gasteiger partial charge in [0.1, 0.15) is 0 Å². The molecular weight excluding hydrogens is 218 g/mol. The first-order valence-electron chi connectivity index (χ1n) is 7.56. The van der Waals surface area contributed by atoms with Gasteiger partial charge < -0.3 is 0 Å². The summed E-state index contributed by atoms with van der Waals surface area (Å²) in [7, 11) is 0. The molecule has 1 aromatic rings. The van der Waals surface area contributed by atoms with Gasteiger partial charge >= 0.3 is 0 Å². The van der Waals surface area contributed by atoms with Crippen molar-refractivity contribution < 1.29 is 0 Å². The highest BCUT2D eigenvalue weighted by molar-refractivity contribution is 5.21. The van der Waals surface area contributed by atoms with Gasteiger partial charge in [0.15, 0.2) is 0 Å². The third kappa shape index (κ3) is 4.13. The molecule has 18 heavy (non-hydrogen) atoms. The van der Waals surface area contributed by atoms with Gasteiger partial charge in [0, 0.05) is 6.54 Å². The lowest BCUT2D eigenvalue weighted by Gasteiger charge is -2.32. The van der Waals surface area contributed by atoms with Crippen LogP contribution in [0.1, 0.15) is 50.2 Å². The van der Waals surface area contributed by atoms with Crippen molar-refractivity contribution in [3.8, 4) is 0 Å². The van der Waals surface area contributed by atoms with Crippen LogP contribution in [0.2, 0.25) is 0 Å². The van der Waals surface area contributed by atoms with Gasteiger partial charge in [0.05, 0.1) is 0 Å². The first kappa shape index (κ1) is 13.6. The molecule has 0 N–H and O–H groups in total. The van der Waals surface area contributed by atoms with E-state index in [0.717, 1.165) is 12.5 Å². The average molecular weight is 245 g/mol. The second-order valence-corrected chi connectivity index (χ2v) is 5.85. The molecule has 1 heteroatoms. The number of unbranched alkanes of at least 4 members (excludes halogenated alkanes) is 1. The normalized spacial score (nSPS) is 18.1. The Balaban J connectivity index is 1.74. The Morgan fingerprint density at radius 3 is 2.39 bits per heavy atom. The predicted molar refractivity (Wildman–Crippen MR) is 78.7 cm³/mol. The number of hydrogen-bond acceptors (Lipinski definition) is 1. The first-order chi connectivity index (χ1) is 8.78. The third-order valence-electron chi connectivity index (χ3n) is 4.20. The van der Waals surface area contributed by atoms with Crippen molar-refractivity contribution in [1.82, 2.24) is 4.90 Å². The molecule has 0 aromatic heterocycles. The number of piperidine rings is 1. The summed E-state index contributed by atoms with van der Waals surface area (Å²) in [4.78, 5) is 2.62. The molecule has 1 fully saturated rings. The molecule has 0 spiro atoms. The zero-order valence-electron chi connectivity index (χ0n) is 12.0. The van der Waals surface area contributed by atoms with Crippen molar-refractivity contribution in [3.05, 3.63) is 35.4 Å². The maximum Gasteiger partial charge on any atom is 0.0233 e. The van der Waals surface area contributed by atoms with Gasteiger partial charge in [0.25, 0.3) is 0 Å². The van der Waals surface area contributed by atoms with Crippen molar-refractivity contribution in [1.29, 1.82) is 0 Å². The summed E-state index contributed by atoms with van der Waals surface area (Å²) in [6.07, 6.45) is 7.04. The number of benzene rings is 1. The largest absolute Gasteiger partial charge is 0.299 e. The second-order valence-electron chi connectivity index (χ2n) is 5.85. The van der Waals surface area contributed by atoms with E-state index in [1.165, 1.54) is 56.3 Å². The fourth-order valence-corrected chi connectivity index (χ4v) is 2.88. The summed E-state index contributed by atoms with van der Waals surface area (Å²) in [5, 5.41) is 0. The van der Waals surface area contributed by atoms with Crippen molar-refractivity contribution >= 4 is 0 Å². The van der Waals surface area contributed by atoms with Crippen LogP contribution in [0.5, 0.6) is 0 Å². The van der Waals surface area contributed by atoms with Crippen LogP contribution >= 0.6 is 0 Å². The molecule has 0 bridgehead atoms. The lowest BCUT2D eigenvalue weighted by atomic mass is 9.91. The standard InChI is InChI=1S/C17H27N/c1-3-4-5-16-10-12-18(13-11-16)14-17-8-6-15(2)7-9-17/h6-9,16H,3-5,10-14H2,1-2H3. The monoisotopic (exact) mass is 245 g/mol. The third-order valence-corrected chi connectivity index (χ3v) is 4.20. The first-order valence-corrected chi connectivity index (χ1v) is 7.56. The average Bonchev–Trinajstić information content (AvgIpc) is 2.41. The molecule has 1 heterocycles. The molecule has 1 nitrogen and oxygen atoms in total. The van der Waals surface area contributed by atoms with Gasteiger partial charge in [0.2, 0.25) is 0 Å². The molecular formula is C17H27N. The van der Waals surface area contributed by atoms with Crippen molar-refractivity contribution in [3.63, 3.8) is 0 Å². The summed E-state index contributed by atoms with van der Waals surface area (Å²) in [5.74, 6) is 0.999. The van der Waals surface area contributed by atoms with E-state index in [1.54, 1.807) is 0 Å². The van der Waals surface area contributed by atoms with E-state index in [2.05, 4.69) is 43.0 Å². The van der Waals surface area contributed by atoms with E-state index < -0.39 is 0 Å². The molecule has 0 aliphatic carbocycles. The fraction of sp³-hybridized carbons (Fsp3) is 0.647. The maximum atomic E-state index is 2.62. The summed E-state index contributed by atoms with van der Waals surface area (Å²) in [6, 6.07) is 9.00. The Kier molecular flexibility index (Phi) is 5.25. The summed E-state index contributed by atoms with van der Waals surface area (Å²) >= 11 is 0. The quantitative estimate of drug-likeness (QED) is 0.743. The van der Waals surface area contributed by atoms with Gasteiger partial charge in [-0.3, -0.25) is 4.90 Å². The summed E-state index contributed by atoms with van der Waals surface area (Å²) in [6.45, 7) is 8.18. The van der Waals surface area contributed by atoms with E-state index in [-0.39, 0.29) is 0 Å². The Morgan fingerprint density at radius 1 is 1.11 bits per heavy atom. The van der Waals surface area contributed by atoms with Gasteiger partial charge in [-0.05, 0) is 44.3 Å². The smallest absolute Gasteiger partial charge is 0.0233 e. The maximum absolute atomic E-state index is 2.62. The van der Waals surface area contributed by atoms with Crippen LogP contribution < -0.4 is 0 Å². The number of hydrogen-bond donors (Lipinski definition) is 0. The molecule has 0 radical (unpaired) electrons. The lowest BCUT2D eigenvalue weighted by Crippen LogP contribution is -2.33. The minimum absolute atomic E-state index is 0.999. The lowest BCUT2D eigenvalue weighted by molar-refractivity contribution is 0.171. The molecule has 1 aromatic carbocycles. The molecule has 0 saturated carbocycles. The van der Waals surface area contributed by atoms with Gasteiger partial charge in [-0.25, -0.2) is 0 Å². The molecule has 1 aliphatic heterocycles. The van der Waals surface area contributed by atoms with Crippen LogP contribution in [0.15, 0.2) is 24.3 Å². The topological polar surface area (TPSA) is 3.24 Å². The molecule has 1 saturated heterocycles. The number of aryl methyl sites for hydroxylation is 1. The van der Waals surface area contributed by atoms with Crippen LogP contribution in [0.25, 0.3) is 0 Å². The van der Waals surface area contributed by atoms with Crippen LogP contribution in [0.3, 0.4) is 0 Å². The van der Waals surface area contributed by atoms with Crippen LogP contribution in [-0.4, -0.2) is 18.0 Å². The highest BCUT2D eigenvalue weighted by atomic mass is 15.1. The highest BCUT2D eigenvalue weighted by Crippen LogP contribution is 2.23. The molecule has 0 atom stereocenters. The van der Waals surface area contributed by atoms with Crippen LogP contribution in [0, 0.1) is 12.8 Å². The SMILES string of the molecule is CCCCC1CCN(Cc2ccc(C)cc2)CC1. The predicted octanol–water partition coefficient (Wildman–Crippen LogP) is 4.40. The number of likely N-dealkylation sites (tertiary alicyclic amines) is 1. The van der Waals surface area contributed by atoms with E-state index in [4.69, 9.17) is 0 Å². The highest BCUT2D eigenvalue weighted by Gasteiger charge is 2.18. The zero-order valence-corrected chi connectivity index (χ0v) is 12.0. The van der Waals surface area contributed by atoms with E-state index in [1.807, 2.05) is 0 Å². The number of nitrogens with zero attached hydrogens (tertiary/aromatic N) is 1. The Morgan fingerprint density at radius 2 is 1.78 bits per heavy atom. The Hall–Kier alpha value is -0.820. The second kappa shape index (κ2) is 6.94. The van der Waals surface area contributed by atoms with Gasteiger partial charge in [-0.1, -0.05) is 56.0 Å². The Labute approximate surface area is 112 Å². The van der Waals surface area contributed by atoms with Crippen LogP contribution in [0.4, 0.5) is 0 Å². The van der Waals surface area contributed by atoms with E-state index in [9.17, 15) is 0 Å². The minimum atomic E-state index is 0.999. The Bertz CT molecular complexity index is 333. The van der Waals surface area contributed by atoms with Crippen LogP contribution in [-0.2, 0) is 6.54 Å². The summed E-state index contributed by atoms with van der Waals surface area (Å²) < 4.78 is 0. The number of rotatable bonds is 5. The van der Waals surface area contributed by atoms with E-state index in [0.29, 0.717) is 0 Å².